The van der Waals surface area contributed by atoms with Gasteiger partial charge in [-0.05, 0) is 18.6 Å². The molecule has 7 heteroatoms. The van der Waals surface area contributed by atoms with E-state index >= 15 is 0 Å². The van der Waals surface area contributed by atoms with Crippen molar-refractivity contribution in [2.75, 3.05) is 0 Å². The Morgan fingerprint density at radius 1 is 1.40 bits per heavy atom. The number of aryl methyl sites for hydroxylation is 2. The zero-order chi connectivity index (χ0) is 14.1. The van der Waals surface area contributed by atoms with Gasteiger partial charge in [0.05, 0.1) is 0 Å². The summed E-state index contributed by atoms with van der Waals surface area (Å²) in [5.74, 6) is -0.251. The molecule has 20 heavy (non-hydrogen) atoms. The van der Waals surface area contributed by atoms with Crippen LogP contribution in [-0.4, -0.2) is 31.5 Å². The first-order chi connectivity index (χ1) is 9.63. The molecule has 1 N–H and O–H groups in total. The molecule has 104 valence electrons. The van der Waals surface area contributed by atoms with Gasteiger partial charge >= 0.3 is 0 Å². The second-order valence-electron chi connectivity index (χ2n) is 4.89. The molecule has 1 aliphatic heterocycles. The minimum Gasteiger partial charge on any atom is -0.347 e. The van der Waals surface area contributed by atoms with Crippen molar-refractivity contribution in [3.63, 3.8) is 0 Å². The number of hydrogen-bond acceptors (Lipinski definition) is 4. The number of aromatic nitrogens is 4. The average Bonchev–Trinajstić information content (AvgIpc) is 2.89. The first-order valence-electron chi connectivity index (χ1n) is 6.49. The molecule has 3 heterocycles. The van der Waals surface area contributed by atoms with E-state index in [1.807, 2.05) is 10.7 Å². The van der Waals surface area contributed by atoms with Crippen LogP contribution in [0, 0.1) is 0 Å². The molecule has 1 amide bonds. The van der Waals surface area contributed by atoms with Crippen molar-refractivity contribution in [2.45, 2.75) is 25.4 Å². The molecule has 0 radical (unpaired) electrons. The molecule has 7 nitrogen and oxygen atoms in total. The highest BCUT2D eigenvalue weighted by atomic mass is 16.2. The number of amides is 1. The Balaban J connectivity index is 1.70. The highest BCUT2D eigenvalue weighted by Gasteiger charge is 2.21. The summed E-state index contributed by atoms with van der Waals surface area (Å²) in [7, 11) is 1.53. The fourth-order valence-corrected chi connectivity index (χ4v) is 2.37. The number of rotatable bonds is 2. The summed E-state index contributed by atoms with van der Waals surface area (Å²) >= 11 is 0. The van der Waals surface area contributed by atoms with Gasteiger partial charge in [-0.1, -0.05) is 0 Å². The third-order valence-electron chi connectivity index (χ3n) is 3.48. The number of fused-ring (bicyclic) bond motifs is 1. The Bertz CT molecular complexity index is 703. The summed E-state index contributed by atoms with van der Waals surface area (Å²) in [4.78, 5) is 23.4. The fraction of sp³-hybridized carbons (Fsp3) is 0.385. The van der Waals surface area contributed by atoms with Gasteiger partial charge in [0.1, 0.15) is 5.69 Å². The standard InChI is InChI=1S/C13H15N5O2/c1-17-12(19)3-2-11(16-17)13(20)15-9-5-7-18-10(8-9)4-6-14-18/h2-4,6,9H,5,7-8H2,1H3,(H,15,20)/t9-/m0/s1. The Morgan fingerprint density at radius 3 is 3.05 bits per heavy atom. The van der Waals surface area contributed by atoms with Gasteiger partial charge in [-0.15, -0.1) is 0 Å². The van der Waals surface area contributed by atoms with Gasteiger partial charge in [0, 0.05) is 44.0 Å². The summed E-state index contributed by atoms with van der Waals surface area (Å²) in [5, 5.41) is 11.1. The van der Waals surface area contributed by atoms with E-state index in [0.29, 0.717) is 0 Å². The number of nitrogens with one attached hydrogen (secondary N) is 1. The van der Waals surface area contributed by atoms with Crippen LogP contribution in [0.25, 0.3) is 0 Å². The predicted octanol–water partition coefficient (Wildman–Crippen LogP) is -0.278. The van der Waals surface area contributed by atoms with Crippen molar-refractivity contribution in [1.29, 1.82) is 0 Å². The van der Waals surface area contributed by atoms with Crippen molar-refractivity contribution in [3.05, 3.63) is 46.1 Å². The first-order valence-corrected chi connectivity index (χ1v) is 6.49. The largest absolute Gasteiger partial charge is 0.347 e. The van der Waals surface area contributed by atoms with Crippen LogP contribution in [0.1, 0.15) is 22.6 Å². The van der Waals surface area contributed by atoms with Crippen molar-refractivity contribution in [3.8, 4) is 0 Å². The Labute approximate surface area is 115 Å². The number of carbonyl (C=O) groups is 1. The van der Waals surface area contributed by atoms with Crippen LogP contribution in [0.4, 0.5) is 0 Å². The molecule has 0 saturated carbocycles. The summed E-state index contributed by atoms with van der Waals surface area (Å²) in [6.07, 6.45) is 3.37. The molecule has 0 aromatic carbocycles. The first kappa shape index (κ1) is 12.6. The van der Waals surface area contributed by atoms with Gasteiger partial charge in [0.25, 0.3) is 11.5 Å². The van der Waals surface area contributed by atoms with Gasteiger partial charge in [-0.3, -0.25) is 14.3 Å². The molecule has 0 unspecified atom stereocenters. The zero-order valence-electron chi connectivity index (χ0n) is 11.1. The predicted molar refractivity (Wildman–Crippen MR) is 71.3 cm³/mol. The Morgan fingerprint density at radius 2 is 2.25 bits per heavy atom. The highest BCUT2D eigenvalue weighted by Crippen LogP contribution is 2.13. The minimum atomic E-state index is -0.251. The molecule has 3 rings (SSSR count). The lowest BCUT2D eigenvalue weighted by Gasteiger charge is -2.24. The maximum absolute atomic E-state index is 12.1. The van der Waals surface area contributed by atoms with Crippen LogP contribution in [-0.2, 0) is 20.0 Å². The molecule has 0 bridgehead atoms. The van der Waals surface area contributed by atoms with Crippen molar-refractivity contribution >= 4 is 5.91 Å². The van der Waals surface area contributed by atoms with Gasteiger partial charge < -0.3 is 5.32 Å². The third-order valence-corrected chi connectivity index (χ3v) is 3.48. The number of nitrogens with zero attached hydrogens (tertiary/aromatic N) is 4. The summed E-state index contributed by atoms with van der Waals surface area (Å²) in [6, 6.07) is 4.83. The molecule has 1 aliphatic rings. The highest BCUT2D eigenvalue weighted by molar-refractivity contribution is 5.92. The van der Waals surface area contributed by atoms with Crippen LogP contribution in [0.2, 0.25) is 0 Å². The van der Waals surface area contributed by atoms with Crippen LogP contribution in [0.3, 0.4) is 0 Å². The second-order valence-corrected chi connectivity index (χ2v) is 4.89. The Hall–Kier alpha value is -2.44. The van der Waals surface area contributed by atoms with Gasteiger partial charge in [0.2, 0.25) is 0 Å². The molecule has 0 saturated heterocycles. The molecular weight excluding hydrogens is 258 g/mol. The fourth-order valence-electron chi connectivity index (χ4n) is 2.37. The monoisotopic (exact) mass is 273 g/mol. The van der Waals surface area contributed by atoms with Crippen LogP contribution < -0.4 is 10.9 Å². The van der Waals surface area contributed by atoms with Gasteiger partial charge in [-0.25, -0.2) is 4.68 Å². The lowest BCUT2D eigenvalue weighted by Crippen LogP contribution is -2.41. The van der Waals surface area contributed by atoms with E-state index in [2.05, 4.69) is 15.5 Å². The van der Waals surface area contributed by atoms with E-state index in [0.717, 1.165) is 29.8 Å². The summed E-state index contributed by atoms with van der Waals surface area (Å²) in [5.41, 5.74) is 1.14. The maximum Gasteiger partial charge on any atom is 0.271 e. The van der Waals surface area contributed by atoms with E-state index in [-0.39, 0.29) is 23.2 Å². The normalized spacial score (nSPS) is 17.6. The summed E-state index contributed by atoms with van der Waals surface area (Å²) in [6.45, 7) is 0.800. The molecular formula is C13H15N5O2. The maximum atomic E-state index is 12.1. The van der Waals surface area contributed by atoms with Crippen molar-refractivity contribution < 1.29 is 4.79 Å². The average molecular weight is 273 g/mol. The second kappa shape index (κ2) is 4.92. The van der Waals surface area contributed by atoms with Crippen molar-refractivity contribution in [1.82, 2.24) is 24.9 Å². The van der Waals surface area contributed by atoms with Crippen molar-refractivity contribution in [2.24, 2.45) is 7.05 Å². The Kier molecular flexibility index (Phi) is 3.09. The SMILES string of the molecule is Cn1nc(C(=O)N[C@H]2CCn3nccc3C2)ccc1=O. The molecule has 0 fully saturated rings. The minimum absolute atomic E-state index is 0.0748. The third kappa shape index (κ3) is 2.34. The summed E-state index contributed by atoms with van der Waals surface area (Å²) < 4.78 is 3.11. The van der Waals surface area contributed by atoms with E-state index < -0.39 is 0 Å². The van der Waals surface area contributed by atoms with Crippen LogP contribution >= 0.6 is 0 Å². The van der Waals surface area contributed by atoms with E-state index in [4.69, 9.17) is 0 Å². The zero-order valence-corrected chi connectivity index (χ0v) is 11.1. The van der Waals surface area contributed by atoms with E-state index in [1.165, 1.54) is 19.2 Å². The molecule has 2 aromatic heterocycles. The van der Waals surface area contributed by atoms with Crippen LogP contribution in [0.5, 0.6) is 0 Å². The quantitative estimate of drug-likeness (QED) is 0.816. The molecule has 0 aliphatic carbocycles. The van der Waals surface area contributed by atoms with E-state index in [9.17, 15) is 9.59 Å². The van der Waals surface area contributed by atoms with Gasteiger partial charge in [0.15, 0.2) is 0 Å². The molecule has 2 aromatic rings. The van der Waals surface area contributed by atoms with Crippen LogP contribution in [0.15, 0.2) is 29.2 Å². The smallest absolute Gasteiger partial charge is 0.271 e. The topological polar surface area (TPSA) is 81.8 Å². The number of carbonyl (C=O) groups excluding carboxylic acids is 1. The molecule has 0 spiro atoms. The van der Waals surface area contributed by atoms with Gasteiger partial charge in [-0.2, -0.15) is 10.2 Å². The van der Waals surface area contributed by atoms with E-state index in [1.54, 1.807) is 6.20 Å². The lowest BCUT2D eigenvalue weighted by molar-refractivity contribution is 0.0923. The number of hydrogen-bond donors (Lipinski definition) is 1. The molecule has 1 atom stereocenters. The lowest BCUT2D eigenvalue weighted by atomic mass is 10.0.